The van der Waals surface area contributed by atoms with E-state index in [9.17, 15) is 0 Å². The zero-order chi connectivity index (χ0) is 18.2. The third kappa shape index (κ3) is 5.25. The number of benzene rings is 1. The molecule has 1 heterocycles. The molecular formula is C20H29N5O. The van der Waals surface area contributed by atoms with Gasteiger partial charge in [-0.25, -0.2) is 0 Å². The summed E-state index contributed by atoms with van der Waals surface area (Å²) in [6.07, 6.45) is 8.48. The van der Waals surface area contributed by atoms with E-state index in [-0.39, 0.29) is 0 Å². The summed E-state index contributed by atoms with van der Waals surface area (Å²) in [5.41, 5.74) is 2.31. The van der Waals surface area contributed by atoms with E-state index in [1.54, 1.807) is 13.2 Å². The molecule has 1 aromatic heterocycles. The number of aromatic nitrogens is 2. The molecule has 26 heavy (non-hydrogen) atoms. The van der Waals surface area contributed by atoms with Crippen molar-refractivity contribution in [2.24, 2.45) is 12.0 Å². The van der Waals surface area contributed by atoms with E-state index in [1.807, 2.05) is 17.8 Å². The molecular weight excluding hydrogens is 326 g/mol. The van der Waals surface area contributed by atoms with E-state index >= 15 is 0 Å². The molecule has 0 amide bonds. The molecule has 1 fully saturated rings. The zero-order valence-corrected chi connectivity index (χ0v) is 15.7. The highest BCUT2D eigenvalue weighted by atomic mass is 16.5. The summed E-state index contributed by atoms with van der Waals surface area (Å²) in [5.74, 6) is 1.74. The van der Waals surface area contributed by atoms with Gasteiger partial charge in [0.05, 0.1) is 18.3 Å². The lowest BCUT2D eigenvalue weighted by atomic mass is 9.98. The van der Waals surface area contributed by atoms with Gasteiger partial charge in [-0.05, 0) is 49.4 Å². The first-order valence-corrected chi connectivity index (χ1v) is 9.41. The van der Waals surface area contributed by atoms with Crippen LogP contribution in [0, 0.1) is 0 Å². The van der Waals surface area contributed by atoms with Gasteiger partial charge in [0.15, 0.2) is 5.96 Å². The van der Waals surface area contributed by atoms with Crippen LogP contribution in [0.4, 0.5) is 0 Å². The standard InChI is InChI=1S/C20H29N5O/c1-21-20(23-15-17-12-13-24-25(17)2)22-14-16-8-10-19(11-9-16)26-18-6-4-3-5-7-18/h8-13,18H,3-7,14-15H2,1-2H3,(H2,21,22,23). The minimum atomic E-state index is 0.391. The molecule has 1 aromatic carbocycles. The smallest absolute Gasteiger partial charge is 0.191 e. The van der Waals surface area contributed by atoms with Crippen molar-refractivity contribution in [2.75, 3.05) is 7.05 Å². The van der Waals surface area contributed by atoms with Crippen LogP contribution in [0.15, 0.2) is 41.5 Å². The first-order chi connectivity index (χ1) is 12.7. The fraction of sp³-hybridized carbons (Fsp3) is 0.500. The normalized spacial score (nSPS) is 15.7. The summed E-state index contributed by atoms with van der Waals surface area (Å²) in [6.45, 7) is 1.40. The number of ether oxygens (including phenoxy) is 1. The Hall–Kier alpha value is -2.50. The van der Waals surface area contributed by atoms with Crippen LogP contribution in [0.1, 0.15) is 43.4 Å². The van der Waals surface area contributed by atoms with Gasteiger partial charge < -0.3 is 15.4 Å². The molecule has 0 spiro atoms. The van der Waals surface area contributed by atoms with Crippen molar-refractivity contribution in [2.45, 2.75) is 51.3 Å². The molecule has 1 aliphatic carbocycles. The first-order valence-electron chi connectivity index (χ1n) is 9.41. The van der Waals surface area contributed by atoms with E-state index in [0.717, 1.165) is 23.9 Å². The van der Waals surface area contributed by atoms with Crippen molar-refractivity contribution in [3.05, 3.63) is 47.8 Å². The average molecular weight is 355 g/mol. The number of hydrogen-bond acceptors (Lipinski definition) is 3. The summed E-state index contributed by atoms with van der Waals surface area (Å²) < 4.78 is 7.94. The van der Waals surface area contributed by atoms with E-state index < -0.39 is 0 Å². The van der Waals surface area contributed by atoms with Crippen LogP contribution in [0.3, 0.4) is 0 Å². The monoisotopic (exact) mass is 355 g/mol. The second kappa shape index (κ2) is 9.27. The molecule has 2 aromatic rings. The van der Waals surface area contributed by atoms with Gasteiger partial charge >= 0.3 is 0 Å². The van der Waals surface area contributed by atoms with E-state index in [1.165, 1.54) is 37.7 Å². The largest absolute Gasteiger partial charge is 0.490 e. The predicted octanol–water partition coefficient (Wildman–Crippen LogP) is 3.00. The van der Waals surface area contributed by atoms with Crippen LogP contribution in [0.5, 0.6) is 5.75 Å². The first kappa shape index (κ1) is 18.3. The Morgan fingerprint density at radius 2 is 1.85 bits per heavy atom. The quantitative estimate of drug-likeness (QED) is 0.618. The minimum absolute atomic E-state index is 0.391. The van der Waals surface area contributed by atoms with Gasteiger partial charge in [0.1, 0.15) is 5.75 Å². The lowest BCUT2D eigenvalue weighted by molar-refractivity contribution is 0.155. The van der Waals surface area contributed by atoms with Crippen molar-refractivity contribution in [1.82, 2.24) is 20.4 Å². The fourth-order valence-corrected chi connectivity index (χ4v) is 3.22. The summed E-state index contributed by atoms with van der Waals surface area (Å²) in [5, 5.41) is 10.8. The van der Waals surface area contributed by atoms with Crippen molar-refractivity contribution < 1.29 is 4.74 Å². The summed E-state index contributed by atoms with van der Waals surface area (Å²) in [6, 6.07) is 10.3. The Kier molecular flexibility index (Phi) is 6.52. The molecule has 6 nitrogen and oxygen atoms in total. The molecule has 0 unspecified atom stereocenters. The van der Waals surface area contributed by atoms with Crippen LogP contribution in [-0.2, 0) is 20.1 Å². The highest BCUT2D eigenvalue weighted by Crippen LogP contribution is 2.23. The van der Waals surface area contributed by atoms with Gasteiger partial charge in [-0.1, -0.05) is 18.6 Å². The molecule has 1 aliphatic rings. The Labute approximate surface area is 155 Å². The number of hydrogen-bond donors (Lipinski definition) is 2. The Balaban J connectivity index is 1.45. The van der Waals surface area contributed by atoms with Crippen molar-refractivity contribution >= 4 is 5.96 Å². The maximum atomic E-state index is 6.08. The molecule has 0 atom stereocenters. The summed E-state index contributed by atoms with van der Waals surface area (Å²) >= 11 is 0. The maximum Gasteiger partial charge on any atom is 0.191 e. The van der Waals surface area contributed by atoms with Crippen LogP contribution in [-0.4, -0.2) is 28.9 Å². The summed E-state index contributed by atoms with van der Waals surface area (Å²) in [4.78, 5) is 4.27. The lowest BCUT2D eigenvalue weighted by Crippen LogP contribution is -2.36. The third-order valence-electron chi connectivity index (χ3n) is 4.82. The molecule has 140 valence electrons. The molecule has 0 radical (unpaired) electrons. The third-order valence-corrected chi connectivity index (χ3v) is 4.82. The van der Waals surface area contributed by atoms with Gasteiger partial charge in [0.2, 0.25) is 0 Å². The van der Waals surface area contributed by atoms with E-state index in [2.05, 4.69) is 45.0 Å². The highest BCUT2D eigenvalue weighted by molar-refractivity contribution is 5.79. The van der Waals surface area contributed by atoms with Crippen molar-refractivity contribution in [1.29, 1.82) is 0 Å². The van der Waals surface area contributed by atoms with Gasteiger partial charge in [-0.3, -0.25) is 9.67 Å². The van der Waals surface area contributed by atoms with Crippen molar-refractivity contribution in [3.63, 3.8) is 0 Å². The molecule has 2 N–H and O–H groups in total. The molecule has 0 saturated heterocycles. The van der Waals surface area contributed by atoms with Crippen LogP contribution in [0.2, 0.25) is 0 Å². The molecule has 0 aliphatic heterocycles. The Bertz CT molecular complexity index is 701. The minimum Gasteiger partial charge on any atom is -0.490 e. The van der Waals surface area contributed by atoms with Gasteiger partial charge in [-0.2, -0.15) is 5.10 Å². The Morgan fingerprint density at radius 3 is 2.50 bits per heavy atom. The number of rotatable bonds is 6. The SMILES string of the molecule is CN=C(NCc1ccc(OC2CCCCC2)cc1)NCc1ccnn1C. The lowest BCUT2D eigenvalue weighted by Gasteiger charge is -2.23. The van der Waals surface area contributed by atoms with E-state index in [0.29, 0.717) is 12.6 Å². The van der Waals surface area contributed by atoms with Crippen LogP contribution < -0.4 is 15.4 Å². The number of guanidine groups is 1. The van der Waals surface area contributed by atoms with Crippen LogP contribution in [0.25, 0.3) is 0 Å². The molecule has 0 bridgehead atoms. The number of nitrogens with one attached hydrogen (secondary N) is 2. The molecule has 1 saturated carbocycles. The van der Waals surface area contributed by atoms with Crippen molar-refractivity contribution in [3.8, 4) is 5.75 Å². The number of nitrogens with zero attached hydrogens (tertiary/aromatic N) is 3. The van der Waals surface area contributed by atoms with Gasteiger partial charge in [0, 0.05) is 26.8 Å². The number of aliphatic imine (C=N–C) groups is 1. The van der Waals surface area contributed by atoms with E-state index in [4.69, 9.17) is 4.74 Å². The average Bonchev–Trinajstić information content (AvgIpc) is 3.09. The topological polar surface area (TPSA) is 63.5 Å². The van der Waals surface area contributed by atoms with Gasteiger partial charge in [-0.15, -0.1) is 0 Å². The Morgan fingerprint density at radius 1 is 1.12 bits per heavy atom. The zero-order valence-electron chi connectivity index (χ0n) is 15.7. The second-order valence-electron chi connectivity index (χ2n) is 6.75. The fourth-order valence-electron chi connectivity index (χ4n) is 3.22. The van der Waals surface area contributed by atoms with Gasteiger partial charge in [0.25, 0.3) is 0 Å². The predicted molar refractivity (Wildman–Crippen MR) is 104 cm³/mol. The molecule has 3 rings (SSSR count). The second-order valence-corrected chi connectivity index (χ2v) is 6.75. The molecule has 6 heteroatoms. The summed E-state index contributed by atoms with van der Waals surface area (Å²) in [7, 11) is 3.71. The van der Waals surface area contributed by atoms with Crippen LogP contribution >= 0.6 is 0 Å². The number of aryl methyl sites for hydroxylation is 1. The maximum absolute atomic E-state index is 6.08. The highest BCUT2D eigenvalue weighted by Gasteiger charge is 2.14.